The van der Waals surface area contributed by atoms with Crippen molar-refractivity contribution in [2.24, 2.45) is 0 Å². The van der Waals surface area contributed by atoms with E-state index in [1.807, 2.05) is 6.07 Å². The van der Waals surface area contributed by atoms with Gasteiger partial charge in [0.1, 0.15) is 0 Å². The van der Waals surface area contributed by atoms with Gasteiger partial charge in [-0.2, -0.15) is 4.31 Å². The van der Waals surface area contributed by atoms with Gasteiger partial charge in [-0.05, 0) is 60.2 Å². The Labute approximate surface area is 193 Å². The molecule has 3 rings (SSSR count). The molecule has 0 aromatic heterocycles. The quantitative estimate of drug-likeness (QED) is 0.435. The number of hydrogen-bond acceptors (Lipinski definition) is 3. The van der Waals surface area contributed by atoms with Crippen LogP contribution >= 0.6 is 39.1 Å². The van der Waals surface area contributed by atoms with Crippen molar-refractivity contribution in [1.29, 1.82) is 0 Å². The number of carbonyl (C=O) groups is 1. The molecule has 9 heteroatoms. The number of rotatable bonds is 7. The van der Waals surface area contributed by atoms with Gasteiger partial charge in [0.25, 0.3) is 0 Å². The summed E-state index contributed by atoms with van der Waals surface area (Å²) in [6.45, 7) is -0.353. The molecule has 0 bridgehead atoms. The number of anilines is 1. The maximum Gasteiger partial charge on any atom is 0.243 e. The SMILES string of the molecule is O=C(CN(Cc1ccc(Cl)cc1)S(=O)(=O)c1ccc(Cl)cc1)Nc1cccc(Br)c1. The Morgan fingerprint density at radius 3 is 2.13 bits per heavy atom. The van der Waals surface area contributed by atoms with E-state index in [4.69, 9.17) is 23.2 Å². The zero-order chi connectivity index (χ0) is 21.7. The summed E-state index contributed by atoms with van der Waals surface area (Å²) in [5.41, 5.74) is 1.26. The number of sulfonamides is 1. The summed E-state index contributed by atoms with van der Waals surface area (Å²) in [5.74, 6) is -0.459. The van der Waals surface area contributed by atoms with Gasteiger partial charge < -0.3 is 5.32 Å². The van der Waals surface area contributed by atoms with Crippen molar-refractivity contribution in [2.75, 3.05) is 11.9 Å². The van der Waals surface area contributed by atoms with E-state index in [1.165, 1.54) is 24.3 Å². The Morgan fingerprint density at radius 2 is 1.53 bits per heavy atom. The summed E-state index contributed by atoms with van der Waals surface area (Å²) >= 11 is 15.2. The van der Waals surface area contributed by atoms with Crippen molar-refractivity contribution in [3.63, 3.8) is 0 Å². The molecule has 30 heavy (non-hydrogen) atoms. The third-order valence-electron chi connectivity index (χ3n) is 4.15. The second-order valence-electron chi connectivity index (χ2n) is 6.41. The molecule has 1 amide bonds. The molecular weight excluding hydrogens is 511 g/mol. The molecule has 0 heterocycles. The zero-order valence-electron chi connectivity index (χ0n) is 15.6. The summed E-state index contributed by atoms with van der Waals surface area (Å²) < 4.78 is 28.4. The van der Waals surface area contributed by atoms with E-state index < -0.39 is 15.9 Å². The molecule has 0 spiro atoms. The predicted molar refractivity (Wildman–Crippen MR) is 123 cm³/mol. The second kappa shape index (κ2) is 9.94. The highest BCUT2D eigenvalue weighted by molar-refractivity contribution is 9.10. The third-order valence-corrected chi connectivity index (χ3v) is 6.96. The Morgan fingerprint density at radius 1 is 0.933 bits per heavy atom. The van der Waals surface area contributed by atoms with Crippen molar-refractivity contribution >= 4 is 60.7 Å². The van der Waals surface area contributed by atoms with Gasteiger partial charge in [0, 0.05) is 26.8 Å². The fourth-order valence-corrected chi connectivity index (χ4v) is 4.74. The van der Waals surface area contributed by atoms with Gasteiger partial charge in [0.2, 0.25) is 15.9 Å². The van der Waals surface area contributed by atoms with Crippen LogP contribution in [0.3, 0.4) is 0 Å². The maximum atomic E-state index is 13.2. The number of benzene rings is 3. The van der Waals surface area contributed by atoms with Gasteiger partial charge in [0.15, 0.2) is 0 Å². The first-order valence-corrected chi connectivity index (χ1v) is 11.8. The zero-order valence-corrected chi connectivity index (χ0v) is 19.5. The summed E-state index contributed by atoms with van der Waals surface area (Å²) in [6.07, 6.45) is 0. The van der Waals surface area contributed by atoms with Gasteiger partial charge in [-0.1, -0.05) is 57.3 Å². The standard InChI is InChI=1S/C21H17BrCl2N2O3S/c22-16-2-1-3-19(12-16)25-21(27)14-26(13-15-4-6-17(23)7-5-15)30(28,29)20-10-8-18(24)9-11-20/h1-12H,13-14H2,(H,25,27). The van der Waals surface area contributed by atoms with Gasteiger partial charge in [0.05, 0.1) is 11.4 Å². The number of hydrogen-bond donors (Lipinski definition) is 1. The van der Waals surface area contributed by atoms with Crippen LogP contribution < -0.4 is 5.32 Å². The van der Waals surface area contributed by atoms with Crippen LogP contribution in [0.2, 0.25) is 10.0 Å². The van der Waals surface area contributed by atoms with Crippen LogP contribution in [-0.2, 0) is 21.4 Å². The molecule has 0 fully saturated rings. The molecule has 0 aliphatic heterocycles. The van der Waals surface area contributed by atoms with E-state index in [9.17, 15) is 13.2 Å². The molecule has 0 saturated heterocycles. The molecule has 3 aromatic rings. The van der Waals surface area contributed by atoms with E-state index >= 15 is 0 Å². The van der Waals surface area contributed by atoms with E-state index in [0.29, 0.717) is 21.3 Å². The lowest BCUT2D eigenvalue weighted by Gasteiger charge is -2.22. The van der Waals surface area contributed by atoms with E-state index in [2.05, 4.69) is 21.2 Å². The van der Waals surface area contributed by atoms with Crippen molar-refractivity contribution in [2.45, 2.75) is 11.4 Å². The lowest BCUT2D eigenvalue weighted by Crippen LogP contribution is -2.37. The van der Waals surface area contributed by atoms with Gasteiger partial charge in [-0.15, -0.1) is 0 Å². The number of carbonyl (C=O) groups excluding carboxylic acids is 1. The predicted octanol–water partition coefficient (Wildman–Crippen LogP) is 5.59. The molecule has 0 radical (unpaired) electrons. The Balaban J connectivity index is 1.87. The molecule has 0 aliphatic rings. The minimum atomic E-state index is -3.95. The molecule has 1 N–H and O–H groups in total. The Hall–Kier alpha value is -1.90. The van der Waals surface area contributed by atoms with Crippen molar-refractivity contribution in [1.82, 2.24) is 4.31 Å². The highest BCUT2D eigenvalue weighted by atomic mass is 79.9. The molecular formula is C21H17BrCl2N2O3S. The summed E-state index contributed by atoms with van der Waals surface area (Å²) in [4.78, 5) is 12.7. The summed E-state index contributed by atoms with van der Waals surface area (Å²) in [7, 11) is -3.95. The van der Waals surface area contributed by atoms with Crippen LogP contribution in [0.1, 0.15) is 5.56 Å². The van der Waals surface area contributed by atoms with Crippen molar-refractivity contribution in [3.05, 3.63) is 92.9 Å². The number of halogens is 3. The highest BCUT2D eigenvalue weighted by Crippen LogP contribution is 2.22. The molecule has 5 nitrogen and oxygen atoms in total. The average Bonchev–Trinajstić information content (AvgIpc) is 2.69. The number of nitrogens with one attached hydrogen (secondary N) is 1. The average molecular weight is 528 g/mol. The minimum absolute atomic E-state index is 0.00797. The van der Waals surface area contributed by atoms with E-state index in [1.54, 1.807) is 42.5 Å². The number of amides is 1. The molecule has 0 saturated carbocycles. The smallest absolute Gasteiger partial charge is 0.243 e. The molecule has 156 valence electrons. The van der Waals surface area contributed by atoms with Crippen molar-refractivity contribution < 1.29 is 13.2 Å². The fourth-order valence-electron chi connectivity index (χ4n) is 2.70. The topological polar surface area (TPSA) is 66.5 Å². The van der Waals surface area contributed by atoms with Gasteiger partial charge in [-0.3, -0.25) is 4.79 Å². The fraction of sp³-hybridized carbons (Fsp3) is 0.0952. The first-order valence-electron chi connectivity index (χ1n) is 8.79. The van der Waals surface area contributed by atoms with Crippen LogP contribution in [-0.4, -0.2) is 25.2 Å². The second-order valence-corrected chi connectivity index (χ2v) is 10.1. The Kier molecular flexibility index (Phi) is 7.55. The number of nitrogens with zero attached hydrogens (tertiary/aromatic N) is 1. The first kappa shape index (κ1) is 22.8. The normalized spacial score (nSPS) is 11.5. The Bertz CT molecular complexity index is 1140. The summed E-state index contributed by atoms with van der Waals surface area (Å²) in [5, 5.41) is 3.69. The minimum Gasteiger partial charge on any atom is -0.325 e. The lowest BCUT2D eigenvalue weighted by atomic mass is 10.2. The monoisotopic (exact) mass is 526 g/mol. The largest absolute Gasteiger partial charge is 0.325 e. The molecule has 3 aromatic carbocycles. The van der Waals surface area contributed by atoms with Gasteiger partial charge in [-0.25, -0.2) is 8.42 Å². The van der Waals surface area contributed by atoms with Crippen molar-refractivity contribution in [3.8, 4) is 0 Å². The summed E-state index contributed by atoms with van der Waals surface area (Å²) in [6, 6.07) is 19.7. The van der Waals surface area contributed by atoms with Gasteiger partial charge >= 0.3 is 0 Å². The van der Waals surface area contributed by atoms with Crippen LogP contribution in [0.25, 0.3) is 0 Å². The van der Waals surface area contributed by atoms with E-state index in [-0.39, 0.29) is 18.0 Å². The maximum absolute atomic E-state index is 13.2. The van der Waals surface area contributed by atoms with E-state index in [0.717, 1.165) is 8.78 Å². The molecule has 0 atom stereocenters. The first-order chi connectivity index (χ1) is 14.2. The van der Waals surface area contributed by atoms with Crippen LogP contribution in [0, 0.1) is 0 Å². The van der Waals surface area contributed by atoms with Crippen LogP contribution in [0.4, 0.5) is 5.69 Å². The lowest BCUT2D eigenvalue weighted by molar-refractivity contribution is -0.116. The van der Waals surface area contributed by atoms with Crippen LogP contribution in [0.15, 0.2) is 82.2 Å². The third kappa shape index (κ3) is 6.06. The molecule has 0 aliphatic carbocycles. The molecule has 0 unspecified atom stereocenters. The van der Waals surface area contributed by atoms with Crippen LogP contribution in [0.5, 0.6) is 0 Å². The highest BCUT2D eigenvalue weighted by Gasteiger charge is 2.27.